The van der Waals surface area contributed by atoms with E-state index in [1.165, 1.54) is 0 Å². The summed E-state index contributed by atoms with van der Waals surface area (Å²) < 4.78 is 1.72. The highest BCUT2D eigenvalue weighted by Crippen LogP contribution is 2.05. The van der Waals surface area contributed by atoms with Crippen LogP contribution in [-0.2, 0) is 7.05 Å². The van der Waals surface area contributed by atoms with Crippen molar-refractivity contribution in [2.75, 3.05) is 0 Å². The fraction of sp³-hybridized carbons (Fsp3) is 0.500. The molecule has 0 radical (unpaired) electrons. The maximum absolute atomic E-state index is 10.5. The van der Waals surface area contributed by atoms with Crippen molar-refractivity contribution >= 4 is 6.03 Å². The van der Waals surface area contributed by atoms with E-state index in [2.05, 4.69) is 15.5 Å². The molecule has 66 valence electrons. The number of nitrogens with zero attached hydrogens (tertiary/aromatic N) is 3. The molecule has 1 aromatic heterocycles. The molecule has 0 fully saturated rings. The maximum atomic E-state index is 10.5. The molecule has 6 heteroatoms. The molecular weight excluding hydrogens is 158 g/mol. The van der Waals surface area contributed by atoms with Gasteiger partial charge in [0.15, 0.2) is 5.82 Å². The average molecular weight is 169 g/mol. The summed E-state index contributed by atoms with van der Waals surface area (Å²) in [4.78, 5) is 10.5. The number of aromatic nitrogens is 3. The van der Waals surface area contributed by atoms with Gasteiger partial charge in [0.2, 0.25) is 0 Å². The van der Waals surface area contributed by atoms with Gasteiger partial charge < -0.3 is 15.6 Å². The molecular formula is C6H11N5O. The van der Waals surface area contributed by atoms with Crippen LogP contribution in [0.2, 0.25) is 0 Å². The van der Waals surface area contributed by atoms with Gasteiger partial charge in [-0.05, 0) is 6.92 Å². The molecule has 1 aromatic rings. The molecule has 0 saturated heterocycles. The average Bonchev–Trinajstić information content (AvgIpc) is 2.33. The Bertz CT molecular complexity index is 281. The fourth-order valence-electron chi connectivity index (χ4n) is 0.962. The summed E-state index contributed by atoms with van der Waals surface area (Å²) >= 11 is 0. The molecule has 2 amide bonds. The van der Waals surface area contributed by atoms with Crippen LogP contribution in [0.15, 0.2) is 6.33 Å². The first kappa shape index (κ1) is 8.51. The molecule has 0 aliphatic rings. The first-order valence-corrected chi connectivity index (χ1v) is 3.51. The van der Waals surface area contributed by atoms with Crippen molar-refractivity contribution in [3.05, 3.63) is 12.2 Å². The van der Waals surface area contributed by atoms with Crippen LogP contribution in [0.25, 0.3) is 0 Å². The van der Waals surface area contributed by atoms with Gasteiger partial charge in [0.1, 0.15) is 6.33 Å². The van der Waals surface area contributed by atoms with E-state index >= 15 is 0 Å². The van der Waals surface area contributed by atoms with E-state index in [1.807, 2.05) is 0 Å². The number of carbonyl (C=O) groups is 1. The Hall–Kier alpha value is -1.59. The SMILES string of the molecule is CC(NC(N)=O)c1nncn1C. The molecule has 12 heavy (non-hydrogen) atoms. The standard InChI is InChI=1S/C6H11N5O/c1-4(9-6(7)12)5-10-8-3-11(5)2/h3-4H,1-2H3,(H3,7,9,12). The van der Waals surface area contributed by atoms with Crippen LogP contribution < -0.4 is 11.1 Å². The predicted octanol–water partition coefficient (Wildman–Crippen LogP) is -0.456. The number of aryl methyl sites for hydroxylation is 1. The Labute approximate surface area is 69.8 Å². The number of hydrogen-bond acceptors (Lipinski definition) is 3. The summed E-state index contributed by atoms with van der Waals surface area (Å²) in [5.74, 6) is 0.675. The minimum atomic E-state index is -0.564. The molecule has 0 aromatic carbocycles. The lowest BCUT2D eigenvalue weighted by molar-refractivity contribution is 0.245. The Kier molecular flexibility index (Phi) is 2.27. The molecule has 1 rings (SSSR count). The highest BCUT2D eigenvalue weighted by Gasteiger charge is 2.11. The van der Waals surface area contributed by atoms with Gasteiger partial charge in [-0.1, -0.05) is 0 Å². The van der Waals surface area contributed by atoms with Crippen molar-refractivity contribution < 1.29 is 4.79 Å². The van der Waals surface area contributed by atoms with Crippen LogP contribution in [0, 0.1) is 0 Å². The van der Waals surface area contributed by atoms with E-state index in [1.54, 1.807) is 24.9 Å². The molecule has 0 bridgehead atoms. The normalized spacial score (nSPS) is 12.5. The van der Waals surface area contributed by atoms with E-state index in [9.17, 15) is 4.79 Å². The van der Waals surface area contributed by atoms with Gasteiger partial charge in [-0.3, -0.25) is 0 Å². The Morgan fingerprint density at radius 1 is 1.83 bits per heavy atom. The minimum absolute atomic E-state index is 0.213. The van der Waals surface area contributed by atoms with Crippen LogP contribution in [0.1, 0.15) is 18.8 Å². The summed E-state index contributed by atoms with van der Waals surface area (Å²) in [6.45, 7) is 1.79. The van der Waals surface area contributed by atoms with Crippen molar-refractivity contribution in [1.29, 1.82) is 0 Å². The van der Waals surface area contributed by atoms with Gasteiger partial charge in [-0.25, -0.2) is 4.79 Å². The summed E-state index contributed by atoms with van der Waals surface area (Å²) in [7, 11) is 1.80. The van der Waals surface area contributed by atoms with Gasteiger partial charge >= 0.3 is 6.03 Å². The lowest BCUT2D eigenvalue weighted by Crippen LogP contribution is -2.32. The lowest BCUT2D eigenvalue weighted by atomic mass is 10.3. The summed E-state index contributed by atoms with van der Waals surface area (Å²) in [6.07, 6.45) is 1.56. The van der Waals surface area contributed by atoms with E-state index in [0.29, 0.717) is 5.82 Å². The topological polar surface area (TPSA) is 85.8 Å². The van der Waals surface area contributed by atoms with Crippen molar-refractivity contribution in [1.82, 2.24) is 20.1 Å². The van der Waals surface area contributed by atoms with Crippen LogP contribution in [0.4, 0.5) is 4.79 Å². The van der Waals surface area contributed by atoms with Crippen LogP contribution in [-0.4, -0.2) is 20.8 Å². The minimum Gasteiger partial charge on any atom is -0.352 e. The zero-order valence-corrected chi connectivity index (χ0v) is 6.98. The fourth-order valence-corrected chi connectivity index (χ4v) is 0.962. The van der Waals surface area contributed by atoms with Crippen molar-refractivity contribution in [3.8, 4) is 0 Å². The number of hydrogen-bond donors (Lipinski definition) is 2. The summed E-state index contributed by atoms with van der Waals surface area (Å²) in [6, 6.07) is -0.777. The monoisotopic (exact) mass is 169 g/mol. The quantitative estimate of drug-likeness (QED) is 0.628. The molecule has 1 atom stereocenters. The molecule has 0 spiro atoms. The number of nitrogens with two attached hydrogens (primary N) is 1. The van der Waals surface area contributed by atoms with Crippen molar-refractivity contribution in [3.63, 3.8) is 0 Å². The number of amides is 2. The number of urea groups is 1. The number of nitrogens with one attached hydrogen (secondary N) is 1. The van der Waals surface area contributed by atoms with E-state index < -0.39 is 6.03 Å². The zero-order chi connectivity index (χ0) is 9.14. The van der Waals surface area contributed by atoms with E-state index in [4.69, 9.17) is 5.73 Å². The van der Waals surface area contributed by atoms with E-state index in [-0.39, 0.29) is 6.04 Å². The second kappa shape index (κ2) is 3.21. The molecule has 6 nitrogen and oxygen atoms in total. The summed E-state index contributed by atoms with van der Waals surface area (Å²) in [5.41, 5.74) is 4.94. The summed E-state index contributed by atoms with van der Waals surface area (Å²) in [5, 5.41) is 9.98. The van der Waals surface area contributed by atoms with Crippen molar-refractivity contribution in [2.24, 2.45) is 12.8 Å². The largest absolute Gasteiger partial charge is 0.352 e. The van der Waals surface area contributed by atoms with Gasteiger partial charge in [-0.2, -0.15) is 0 Å². The molecule has 1 heterocycles. The van der Waals surface area contributed by atoms with Crippen LogP contribution >= 0.6 is 0 Å². The van der Waals surface area contributed by atoms with Crippen LogP contribution in [0.3, 0.4) is 0 Å². The Morgan fingerprint density at radius 3 is 2.92 bits per heavy atom. The molecule has 0 aliphatic carbocycles. The molecule has 0 aliphatic heterocycles. The van der Waals surface area contributed by atoms with Gasteiger partial charge in [-0.15, -0.1) is 10.2 Å². The van der Waals surface area contributed by atoms with Gasteiger partial charge in [0.05, 0.1) is 6.04 Å². The highest BCUT2D eigenvalue weighted by atomic mass is 16.2. The van der Waals surface area contributed by atoms with E-state index in [0.717, 1.165) is 0 Å². The number of rotatable bonds is 2. The second-order valence-corrected chi connectivity index (χ2v) is 2.53. The first-order chi connectivity index (χ1) is 5.61. The predicted molar refractivity (Wildman–Crippen MR) is 42.1 cm³/mol. The smallest absolute Gasteiger partial charge is 0.312 e. The van der Waals surface area contributed by atoms with Gasteiger partial charge in [0, 0.05) is 7.05 Å². The first-order valence-electron chi connectivity index (χ1n) is 3.51. The maximum Gasteiger partial charge on any atom is 0.312 e. The lowest BCUT2D eigenvalue weighted by Gasteiger charge is -2.09. The third-order valence-corrected chi connectivity index (χ3v) is 1.49. The number of carbonyl (C=O) groups excluding carboxylic acids is 1. The Balaban J connectivity index is 2.71. The molecule has 3 N–H and O–H groups in total. The number of primary amides is 1. The molecule has 1 unspecified atom stereocenters. The van der Waals surface area contributed by atoms with Crippen molar-refractivity contribution in [2.45, 2.75) is 13.0 Å². The zero-order valence-electron chi connectivity index (χ0n) is 6.98. The Morgan fingerprint density at radius 2 is 2.50 bits per heavy atom. The van der Waals surface area contributed by atoms with Crippen LogP contribution in [0.5, 0.6) is 0 Å². The molecule has 0 saturated carbocycles. The second-order valence-electron chi connectivity index (χ2n) is 2.53. The third kappa shape index (κ3) is 1.71. The highest BCUT2D eigenvalue weighted by molar-refractivity contribution is 5.71. The van der Waals surface area contributed by atoms with Gasteiger partial charge in [0.25, 0.3) is 0 Å². The third-order valence-electron chi connectivity index (χ3n) is 1.49.